The van der Waals surface area contributed by atoms with E-state index in [4.69, 9.17) is 0 Å². The van der Waals surface area contributed by atoms with E-state index in [1.54, 1.807) is 4.31 Å². The summed E-state index contributed by atoms with van der Waals surface area (Å²) in [6, 6.07) is 0. The number of hydrogen-bond donors (Lipinski definition) is 0. The second-order valence-corrected chi connectivity index (χ2v) is 8.82. The first-order valence-electron chi connectivity index (χ1n) is 5.99. The van der Waals surface area contributed by atoms with E-state index in [1.165, 1.54) is 0 Å². The quantitative estimate of drug-likeness (QED) is 0.660. The second-order valence-electron chi connectivity index (χ2n) is 6.78. The van der Waals surface area contributed by atoms with E-state index >= 15 is 0 Å². The number of hydrogen-bond acceptors (Lipinski definition) is 2. The molecule has 0 aromatic carbocycles. The van der Waals surface area contributed by atoms with Gasteiger partial charge in [-0.25, -0.2) is 8.42 Å². The summed E-state index contributed by atoms with van der Waals surface area (Å²) in [6.07, 6.45) is 1.76. The Labute approximate surface area is 100 Å². The monoisotopic (exact) mass is 247 g/mol. The molecule has 0 aromatic rings. The first kappa shape index (κ1) is 14.0. The van der Waals surface area contributed by atoms with Crippen LogP contribution in [0.25, 0.3) is 0 Å². The van der Waals surface area contributed by atoms with E-state index in [1.807, 2.05) is 41.5 Å². The molecule has 4 heteroatoms. The molecule has 1 rings (SSSR count). The van der Waals surface area contributed by atoms with Gasteiger partial charge in [-0.2, -0.15) is 4.31 Å². The molecule has 0 aliphatic carbocycles. The lowest BCUT2D eigenvalue weighted by Crippen LogP contribution is -2.55. The van der Waals surface area contributed by atoms with Gasteiger partial charge >= 0.3 is 0 Å². The Kier molecular flexibility index (Phi) is 3.48. The maximum absolute atomic E-state index is 12.5. The summed E-state index contributed by atoms with van der Waals surface area (Å²) in [5.41, 5.74) is -0.481. The van der Waals surface area contributed by atoms with Crippen LogP contribution < -0.4 is 0 Å². The Morgan fingerprint density at radius 3 is 1.94 bits per heavy atom. The number of rotatable bonds is 0. The van der Waals surface area contributed by atoms with Crippen LogP contribution in [0.3, 0.4) is 0 Å². The fourth-order valence-corrected chi connectivity index (χ4v) is 5.26. The first-order chi connectivity index (χ1) is 6.97. The van der Waals surface area contributed by atoms with E-state index in [0.29, 0.717) is 6.54 Å². The summed E-state index contributed by atoms with van der Waals surface area (Å²) in [7, 11) is -3.15. The lowest BCUT2D eigenvalue weighted by atomic mass is 9.89. The average molecular weight is 247 g/mol. The molecule has 1 heterocycles. The third kappa shape index (κ3) is 2.59. The van der Waals surface area contributed by atoms with Gasteiger partial charge in [0, 0.05) is 12.1 Å². The molecular formula is C12H25NO2S. The SMILES string of the molecule is CC(C)(C)C1CCCN(C(C)(C)C)S1(=O)=O. The molecule has 0 N–H and O–H groups in total. The lowest BCUT2D eigenvalue weighted by Gasteiger charge is -2.44. The van der Waals surface area contributed by atoms with Crippen molar-refractivity contribution < 1.29 is 8.42 Å². The fourth-order valence-electron chi connectivity index (χ4n) is 2.45. The Bertz CT molecular complexity index is 318. The minimum absolute atomic E-state index is 0.178. The molecule has 3 nitrogen and oxygen atoms in total. The molecule has 1 aliphatic heterocycles. The van der Waals surface area contributed by atoms with Gasteiger partial charge in [0.25, 0.3) is 0 Å². The van der Waals surface area contributed by atoms with Gasteiger partial charge in [0.2, 0.25) is 10.0 Å². The van der Waals surface area contributed by atoms with Crippen molar-refractivity contribution in [2.45, 2.75) is 65.2 Å². The van der Waals surface area contributed by atoms with Crippen LogP contribution in [0.4, 0.5) is 0 Å². The molecule has 96 valence electrons. The van der Waals surface area contributed by atoms with E-state index in [9.17, 15) is 8.42 Å². The van der Waals surface area contributed by atoms with Crippen molar-refractivity contribution in [3.05, 3.63) is 0 Å². The highest BCUT2D eigenvalue weighted by Gasteiger charge is 2.45. The lowest BCUT2D eigenvalue weighted by molar-refractivity contribution is 0.208. The highest BCUT2D eigenvalue weighted by molar-refractivity contribution is 7.89. The molecule has 0 bridgehead atoms. The summed E-state index contributed by atoms with van der Waals surface area (Å²) in [4.78, 5) is 0. The number of sulfonamides is 1. The molecular weight excluding hydrogens is 222 g/mol. The van der Waals surface area contributed by atoms with Crippen LogP contribution in [0, 0.1) is 5.41 Å². The third-order valence-corrected chi connectivity index (χ3v) is 6.21. The zero-order valence-corrected chi connectivity index (χ0v) is 12.2. The van der Waals surface area contributed by atoms with E-state index < -0.39 is 10.0 Å². The molecule has 1 saturated heterocycles. The normalized spacial score (nSPS) is 28.0. The van der Waals surface area contributed by atoms with Gasteiger partial charge in [-0.3, -0.25) is 0 Å². The fraction of sp³-hybridized carbons (Fsp3) is 1.00. The van der Waals surface area contributed by atoms with Crippen molar-refractivity contribution in [1.29, 1.82) is 0 Å². The Hall–Kier alpha value is -0.0900. The van der Waals surface area contributed by atoms with Gasteiger partial charge in [0.05, 0.1) is 5.25 Å². The van der Waals surface area contributed by atoms with Gasteiger partial charge in [-0.1, -0.05) is 20.8 Å². The largest absolute Gasteiger partial charge is 0.217 e. The van der Waals surface area contributed by atoms with Crippen LogP contribution in [-0.4, -0.2) is 30.1 Å². The van der Waals surface area contributed by atoms with Crippen molar-refractivity contribution >= 4 is 10.0 Å². The zero-order valence-electron chi connectivity index (χ0n) is 11.4. The highest BCUT2D eigenvalue weighted by atomic mass is 32.2. The topological polar surface area (TPSA) is 37.4 Å². The van der Waals surface area contributed by atoms with Crippen molar-refractivity contribution in [2.75, 3.05) is 6.54 Å². The molecule has 0 aromatic heterocycles. The molecule has 1 fully saturated rings. The van der Waals surface area contributed by atoms with Crippen molar-refractivity contribution in [2.24, 2.45) is 5.41 Å². The van der Waals surface area contributed by atoms with Crippen molar-refractivity contribution in [3.63, 3.8) is 0 Å². The van der Waals surface area contributed by atoms with Gasteiger partial charge in [0.1, 0.15) is 0 Å². The second kappa shape index (κ2) is 3.98. The third-order valence-electron chi connectivity index (χ3n) is 3.21. The maximum atomic E-state index is 12.5. The van der Waals surface area contributed by atoms with Crippen LogP contribution in [0.5, 0.6) is 0 Å². The molecule has 1 unspecified atom stereocenters. The first-order valence-corrected chi connectivity index (χ1v) is 7.49. The van der Waals surface area contributed by atoms with E-state index in [0.717, 1.165) is 12.8 Å². The minimum atomic E-state index is -3.15. The summed E-state index contributed by atoms with van der Waals surface area (Å²) in [5.74, 6) is 0. The van der Waals surface area contributed by atoms with Crippen molar-refractivity contribution in [1.82, 2.24) is 4.31 Å². The smallest absolute Gasteiger partial charge is 0.212 e. The van der Waals surface area contributed by atoms with Gasteiger partial charge in [0.15, 0.2) is 0 Å². The van der Waals surface area contributed by atoms with Gasteiger partial charge < -0.3 is 0 Å². The van der Waals surface area contributed by atoms with Gasteiger partial charge in [-0.15, -0.1) is 0 Å². The molecule has 1 aliphatic rings. The maximum Gasteiger partial charge on any atom is 0.217 e. The van der Waals surface area contributed by atoms with E-state index in [-0.39, 0.29) is 16.2 Å². The predicted octanol–water partition coefficient (Wildman–Crippen LogP) is 2.63. The highest BCUT2D eigenvalue weighted by Crippen LogP contribution is 2.37. The molecule has 0 saturated carbocycles. The average Bonchev–Trinajstić information content (AvgIpc) is 1.97. The summed E-state index contributed by atoms with van der Waals surface area (Å²) in [5, 5.41) is -0.243. The molecule has 0 radical (unpaired) electrons. The van der Waals surface area contributed by atoms with E-state index in [2.05, 4.69) is 0 Å². The standard InChI is InChI=1S/C12H25NO2S/c1-11(2,3)10-8-7-9-13(12(4,5)6)16(10,14)15/h10H,7-9H2,1-6H3. The molecule has 0 amide bonds. The van der Waals surface area contributed by atoms with Gasteiger partial charge in [-0.05, 0) is 39.0 Å². The van der Waals surface area contributed by atoms with Crippen LogP contribution in [0.1, 0.15) is 54.4 Å². The van der Waals surface area contributed by atoms with Crippen LogP contribution in [0.15, 0.2) is 0 Å². The summed E-state index contributed by atoms with van der Waals surface area (Å²) in [6.45, 7) is 12.6. The van der Waals surface area contributed by atoms with Crippen LogP contribution in [0.2, 0.25) is 0 Å². The van der Waals surface area contributed by atoms with Crippen LogP contribution in [-0.2, 0) is 10.0 Å². The predicted molar refractivity (Wildman–Crippen MR) is 67.9 cm³/mol. The molecule has 16 heavy (non-hydrogen) atoms. The minimum Gasteiger partial charge on any atom is -0.212 e. The zero-order chi connectivity index (χ0) is 12.8. The van der Waals surface area contributed by atoms with Crippen LogP contribution >= 0.6 is 0 Å². The van der Waals surface area contributed by atoms with Crippen molar-refractivity contribution in [3.8, 4) is 0 Å². The number of nitrogens with zero attached hydrogens (tertiary/aromatic N) is 1. The Morgan fingerprint density at radius 2 is 1.56 bits per heavy atom. The molecule has 0 spiro atoms. The summed E-state index contributed by atoms with van der Waals surface area (Å²) >= 11 is 0. The molecule has 1 atom stereocenters. The summed E-state index contributed by atoms with van der Waals surface area (Å²) < 4.78 is 26.7. The Balaban J connectivity index is 3.12. The Morgan fingerprint density at radius 1 is 1.06 bits per heavy atom.